The largest absolute Gasteiger partial charge is 0.388 e. The molecule has 44 heavy (non-hydrogen) atoms. The zero-order valence-corrected chi connectivity index (χ0v) is 27.7. The second-order valence-electron chi connectivity index (χ2n) is 12.1. The molecule has 4 heteroatoms. The minimum atomic E-state index is -0.838. The quantitative estimate of drug-likeness (QED) is 0.172. The Morgan fingerprint density at radius 3 is 1.50 bits per heavy atom. The van der Waals surface area contributed by atoms with Crippen molar-refractivity contribution in [2.45, 2.75) is 37.6 Å². The van der Waals surface area contributed by atoms with Gasteiger partial charge in [-0.2, -0.15) is 0 Å². The Morgan fingerprint density at radius 1 is 0.591 bits per heavy atom. The van der Waals surface area contributed by atoms with Crippen LogP contribution in [0.25, 0.3) is 0 Å². The van der Waals surface area contributed by atoms with Crippen molar-refractivity contribution in [1.82, 2.24) is 4.90 Å². The summed E-state index contributed by atoms with van der Waals surface area (Å²) in [7, 11) is 2.87. The summed E-state index contributed by atoms with van der Waals surface area (Å²) in [5.74, 6) is 0.513. The van der Waals surface area contributed by atoms with Gasteiger partial charge in [-0.3, -0.25) is 0 Å². The summed E-state index contributed by atoms with van der Waals surface area (Å²) in [5, 5.41) is 19.5. The predicted octanol–water partition coefficient (Wildman–Crippen LogP) is 6.96. The van der Waals surface area contributed by atoms with Gasteiger partial charge in [-0.25, -0.2) is 0 Å². The summed E-state index contributed by atoms with van der Waals surface area (Å²) in [4.78, 5) is 2.35. The smallest absolute Gasteiger partial charge is 0.0834 e. The van der Waals surface area contributed by atoms with Gasteiger partial charge in [-0.05, 0) is 93.4 Å². The summed E-state index contributed by atoms with van der Waals surface area (Å²) in [6.07, 6.45) is 1.67. The van der Waals surface area contributed by atoms with Crippen LogP contribution in [0.3, 0.4) is 0 Å². The first-order valence-corrected chi connectivity index (χ1v) is 18.5. The summed E-state index contributed by atoms with van der Waals surface area (Å²) in [6.45, 7) is 2.35. The maximum Gasteiger partial charge on any atom is 0.0834 e. The number of nitrogens with zero attached hydrogens (tertiary/aromatic N) is 1. The molecule has 6 rings (SSSR count). The molecular formula is C40H43NOP2. The highest BCUT2D eigenvalue weighted by molar-refractivity contribution is 7.80. The number of hydrogen-bond acceptors (Lipinski definition) is 2. The second-order valence-corrected chi connectivity index (χ2v) is 16.8. The molecule has 1 aliphatic carbocycles. The van der Waals surface area contributed by atoms with Crippen molar-refractivity contribution < 1.29 is 5.11 Å². The Kier molecular flexibility index (Phi) is 10.1. The van der Waals surface area contributed by atoms with Crippen molar-refractivity contribution >= 4 is 42.4 Å². The molecule has 1 fully saturated rings. The highest BCUT2D eigenvalue weighted by Gasteiger charge is 2.48. The molecule has 0 saturated heterocycles. The van der Waals surface area contributed by atoms with Gasteiger partial charge >= 0.3 is 0 Å². The van der Waals surface area contributed by atoms with E-state index in [4.69, 9.17) is 0 Å². The average molecular weight is 616 g/mol. The van der Waals surface area contributed by atoms with Gasteiger partial charge in [0.2, 0.25) is 0 Å². The van der Waals surface area contributed by atoms with E-state index in [1.165, 1.54) is 26.5 Å². The molecule has 1 N–H and O–H groups in total. The van der Waals surface area contributed by atoms with Crippen LogP contribution in [-0.4, -0.2) is 35.8 Å². The standard InChI is InChI=1S/C40H43NOP2/c1-30(41(2)3)35-28-29-38(44(33-22-12-6-13-23-33)34-24-14-7-15-25-34)39(35)40(42)36-26-16-17-27-37(36)43(31-18-8-4-9-19-31)32-20-10-5-11-21-32/h4-27,30,35,38-40,42H,28-29H2,1-3H3/t30-,35?,38?,39-,40+/m1/s1. The molecule has 2 nitrogen and oxygen atoms in total. The van der Waals surface area contributed by atoms with E-state index in [2.05, 4.69) is 172 Å². The Balaban J connectivity index is 1.49. The molecular weight excluding hydrogens is 572 g/mol. The lowest BCUT2D eigenvalue weighted by atomic mass is 9.82. The topological polar surface area (TPSA) is 23.5 Å². The number of rotatable bonds is 10. The van der Waals surface area contributed by atoms with Gasteiger partial charge in [0.25, 0.3) is 0 Å². The fourth-order valence-corrected chi connectivity index (χ4v) is 12.8. The van der Waals surface area contributed by atoms with Crippen LogP contribution in [0.15, 0.2) is 146 Å². The molecule has 224 valence electrons. The third-order valence-corrected chi connectivity index (χ3v) is 15.0. The van der Waals surface area contributed by atoms with Gasteiger partial charge in [0.15, 0.2) is 0 Å². The van der Waals surface area contributed by atoms with E-state index >= 15 is 0 Å². The molecule has 0 aromatic heterocycles. The minimum Gasteiger partial charge on any atom is -0.388 e. The van der Waals surface area contributed by atoms with Gasteiger partial charge in [0.05, 0.1) is 6.10 Å². The Labute approximate surface area is 266 Å². The zero-order valence-electron chi connectivity index (χ0n) is 25.9. The highest BCUT2D eigenvalue weighted by Crippen LogP contribution is 2.57. The van der Waals surface area contributed by atoms with E-state index in [1.807, 2.05) is 0 Å². The predicted molar refractivity (Wildman–Crippen MR) is 192 cm³/mol. The average Bonchev–Trinajstić information content (AvgIpc) is 3.51. The van der Waals surface area contributed by atoms with E-state index in [0.29, 0.717) is 17.6 Å². The lowest BCUT2D eigenvalue weighted by molar-refractivity contribution is 0.0616. The van der Waals surface area contributed by atoms with E-state index in [9.17, 15) is 5.11 Å². The van der Waals surface area contributed by atoms with Crippen molar-refractivity contribution in [3.05, 3.63) is 151 Å². The van der Waals surface area contributed by atoms with Crippen molar-refractivity contribution in [2.24, 2.45) is 11.8 Å². The van der Waals surface area contributed by atoms with Crippen LogP contribution in [0.4, 0.5) is 0 Å². The molecule has 1 saturated carbocycles. The number of aliphatic hydroxyl groups excluding tert-OH is 1. The molecule has 5 aromatic carbocycles. The van der Waals surface area contributed by atoms with Crippen LogP contribution in [0.1, 0.15) is 31.4 Å². The second kappa shape index (κ2) is 14.3. The monoisotopic (exact) mass is 615 g/mol. The minimum absolute atomic E-state index is 0.128. The van der Waals surface area contributed by atoms with E-state index < -0.39 is 21.9 Å². The summed E-state index contributed by atoms with van der Waals surface area (Å²) in [5.41, 5.74) is 1.46. The van der Waals surface area contributed by atoms with E-state index in [1.54, 1.807) is 0 Å². The molecule has 5 atom stereocenters. The fourth-order valence-electron chi connectivity index (χ4n) is 7.16. The van der Waals surface area contributed by atoms with E-state index in [0.717, 1.165) is 18.4 Å². The molecule has 0 amide bonds. The SMILES string of the molecule is C[C@H](C1CCC(P(c2ccccc2)c2ccccc2)[C@@H]1[C@@H](O)c1ccccc1P(c1ccccc1)c1ccccc1)N(C)C. The van der Waals surface area contributed by atoms with Gasteiger partial charge in [-0.1, -0.05) is 146 Å². The molecule has 0 spiro atoms. The van der Waals surface area contributed by atoms with Crippen LogP contribution >= 0.6 is 15.8 Å². The van der Waals surface area contributed by atoms with Gasteiger partial charge in [0.1, 0.15) is 0 Å². The zero-order chi connectivity index (χ0) is 30.5. The molecule has 1 aliphatic rings. The van der Waals surface area contributed by atoms with Crippen molar-refractivity contribution in [2.75, 3.05) is 14.1 Å². The van der Waals surface area contributed by atoms with Crippen molar-refractivity contribution in [3.8, 4) is 0 Å². The summed E-state index contributed by atoms with van der Waals surface area (Å²) < 4.78 is 0. The lowest BCUT2D eigenvalue weighted by Crippen LogP contribution is -2.40. The van der Waals surface area contributed by atoms with Gasteiger partial charge in [-0.15, -0.1) is 0 Å². The van der Waals surface area contributed by atoms with E-state index in [-0.39, 0.29) is 5.92 Å². The Bertz CT molecular complexity index is 1520. The van der Waals surface area contributed by atoms with Crippen LogP contribution in [-0.2, 0) is 0 Å². The van der Waals surface area contributed by atoms with Crippen molar-refractivity contribution in [3.63, 3.8) is 0 Å². The van der Waals surface area contributed by atoms with Crippen LogP contribution in [0.2, 0.25) is 0 Å². The normalized spacial score (nSPS) is 19.8. The maximum atomic E-state index is 12.9. The van der Waals surface area contributed by atoms with Crippen LogP contribution < -0.4 is 26.5 Å². The first kappa shape index (κ1) is 30.9. The van der Waals surface area contributed by atoms with Crippen molar-refractivity contribution in [1.29, 1.82) is 0 Å². The summed E-state index contributed by atoms with van der Waals surface area (Å²) in [6, 6.07) is 53.0. The number of benzene rings is 5. The Hall–Kier alpha value is -3.12. The maximum absolute atomic E-state index is 12.9. The number of hydrogen-bond donors (Lipinski definition) is 1. The van der Waals surface area contributed by atoms with Gasteiger partial charge < -0.3 is 10.0 Å². The van der Waals surface area contributed by atoms with Crippen LogP contribution in [0, 0.1) is 11.8 Å². The molecule has 0 bridgehead atoms. The lowest BCUT2D eigenvalue weighted by Gasteiger charge is -2.39. The molecule has 0 aliphatic heterocycles. The first-order valence-electron chi connectivity index (χ1n) is 15.8. The molecule has 0 heterocycles. The first-order chi connectivity index (χ1) is 21.5. The number of aliphatic hydroxyl groups is 1. The summed E-state index contributed by atoms with van der Waals surface area (Å²) >= 11 is 0. The van der Waals surface area contributed by atoms with Gasteiger partial charge in [0, 0.05) is 12.0 Å². The fraction of sp³-hybridized carbons (Fsp3) is 0.250. The molecule has 2 unspecified atom stereocenters. The van der Waals surface area contributed by atoms with Crippen LogP contribution in [0.5, 0.6) is 0 Å². The molecule has 5 aromatic rings. The molecule has 0 radical (unpaired) electrons. The third-order valence-electron chi connectivity index (χ3n) is 9.46. The Morgan fingerprint density at radius 2 is 1.02 bits per heavy atom. The third kappa shape index (κ3) is 6.47. The highest BCUT2D eigenvalue weighted by atomic mass is 31.1.